The van der Waals surface area contributed by atoms with Crippen LogP contribution < -0.4 is 10.6 Å². The van der Waals surface area contributed by atoms with Gasteiger partial charge in [0.15, 0.2) is 5.82 Å². The normalized spacial score (nSPS) is 24.3. The molecule has 3 aromatic rings. The summed E-state index contributed by atoms with van der Waals surface area (Å²) < 4.78 is 42.9. The van der Waals surface area contributed by atoms with Crippen molar-refractivity contribution in [1.29, 1.82) is 5.41 Å². The third-order valence-electron chi connectivity index (χ3n) is 6.14. The average Bonchev–Trinajstić information content (AvgIpc) is 3.19. The smallest absolute Gasteiger partial charge is 0.242 e. The second-order valence-corrected chi connectivity index (χ2v) is 11.0. The molecule has 9 nitrogen and oxygen atoms in total. The summed E-state index contributed by atoms with van der Waals surface area (Å²) in [5.74, 6) is -0.355. The molecule has 5 rings (SSSR count). The number of sulfonamides is 1. The number of fused-ring (bicyclic) bond motifs is 2. The van der Waals surface area contributed by atoms with E-state index in [4.69, 9.17) is 5.41 Å². The summed E-state index contributed by atoms with van der Waals surface area (Å²) in [6.07, 6.45) is 4.43. The van der Waals surface area contributed by atoms with Crippen molar-refractivity contribution < 1.29 is 12.8 Å². The molecule has 1 saturated heterocycles. The quantitative estimate of drug-likeness (QED) is 0.485. The van der Waals surface area contributed by atoms with Gasteiger partial charge in [0.05, 0.1) is 11.1 Å². The summed E-state index contributed by atoms with van der Waals surface area (Å²) in [7, 11) is -2.45. The first-order valence-electron chi connectivity index (χ1n) is 9.90. The van der Waals surface area contributed by atoms with Crippen LogP contribution >= 0.6 is 15.9 Å². The van der Waals surface area contributed by atoms with Crippen molar-refractivity contribution in [2.75, 3.05) is 12.4 Å². The van der Waals surface area contributed by atoms with Gasteiger partial charge in [-0.3, -0.25) is 5.41 Å². The maximum atomic E-state index is 15.1. The fraction of sp³-hybridized carbons (Fsp3) is 0.300. The highest BCUT2D eigenvalue weighted by atomic mass is 79.9. The Morgan fingerprint density at radius 1 is 1.31 bits per heavy atom. The fourth-order valence-electron chi connectivity index (χ4n) is 4.60. The highest BCUT2D eigenvalue weighted by molar-refractivity contribution is 9.10. The van der Waals surface area contributed by atoms with Crippen molar-refractivity contribution >= 4 is 54.5 Å². The lowest BCUT2D eigenvalue weighted by atomic mass is 9.86. The third-order valence-corrected chi connectivity index (χ3v) is 8.87. The number of nitrogens with one attached hydrogen (secondary N) is 3. The Balaban J connectivity index is 1.59. The Morgan fingerprint density at radius 2 is 2.12 bits per heavy atom. The van der Waals surface area contributed by atoms with Crippen molar-refractivity contribution in [2.24, 2.45) is 0 Å². The SMILES string of the molecule is CN1C(=N)N[C@@]2(c3cc(Nc4ncnc5cc(Br)cnc45)ccc3F)CCC[C@H]2S1(=O)=O. The van der Waals surface area contributed by atoms with Gasteiger partial charge in [-0.15, -0.1) is 0 Å². The van der Waals surface area contributed by atoms with Gasteiger partial charge in [0, 0.05) is 29.0 Å². The first kappa shape index (κ1) is 21.0. The zero-order valence-corrected chi connectivity index (χ0v) is 19.3. The molecule has 0 amide bonds. The van der Waals surface area contributed by atoms with E-state index in [0.717, 1.165) is 8.78 Å². The van der Waals surface area contributed by atoms with Crippen molar-refractivity contribution in [3.05, 3.63) is 52.6 Å². The van der Waals surface area contributed by atoms with E-state index in [1.165, 1.54) is 19.4 Å². The minimum absolute atomic E-state index is 0.209. The number of pyridine rings is 1. The van der Waals surface area contributed by atoms with Gasteiger partial charge in [-0.25, -0.2) is 32.1 Å². The summed E-state index contributed by atoms with van der Waals surface area (Å²) in [6.45, 7) is 0. The van der Waals surface area contributed by atoms with Crippen LogP contribution in [0.25, 0.3) is 11.0 Å². The highest BCUT2D eigenvalue weighted by Crippen LogP contribution is 2.47. The van der Waals surface area contributed by atoms with Gasteiger partial charge in [-0.05, 0) is 59.5 Å². The van der Waals surface area contributed by atoms with Crippen LogP contribution in [-0.2, 0) is 15.6 Å². The topological polar surface area (TPSA) is 124 Å². The van der Waals surface area contributed by atoms with E-state index in [1.54, 1.807) is 18.3 Å². The van der Waals surface area contributed by atoms with Gasteiger partial charge >= 0.3 is 0 Å². The van der Waals surface area contributed by atoms with Crippen LogP contribution in [-0.4, -0.2) is 45.9 Å². The summed E-state index contributed by atoms with van der Waals surface area (Å²) in [5, 5.41) is 13.4. The Bertz CT molecular complexity index is 1370. The molecule has 0 spiro atoms. The van der Waals surface area contributed by atoms with Gasteiger partial charge in [-0.2, -0.15) is 0 Å². The van der Waals surface area contributed by atoms with Crippen LogP contribution in [0.15, 0.2) is 41.3 Å². The molecule has 2 aliphatic rings. The maximum Gasteiger partial charge on any atom is 0.242 e. The number of nitrogens with zero attached hydrogens (tertiary/aromatic N) is 4. The van der Waals surface area contributed by atoms with E-state index in [9.17, 15) is 8.42 Å². The maximum absolute atomic E-state index is 15.1. The van der Waals surface area contributed by atoms with Gasteiger partial charge in [0.25, 0.3) is 0 Å². The van der Waals surface area contributed by atoms with Crippen LogP contribution in [0, 0.1) is 11.2 Å². The zero-order chi connectivity index (χ0) is 22.7. The van der Waals surface area contributed by atoms with E-state index in [1.807, 2.05) is 6.07 Å². The van der Waals surface area contributed by atoms with Crippen molar-refractivity contribution in [1.82, 2.24) is 24.6 Å². The van der Waals surface area contributed by atoms with E-state index < -0.39 is 26.6 Å². The number of anilines is 2. The lowest BCUT2D eigenvalue weighted by Gasteiger charge is -2.44. The van der Waals surface area contributed by atoms with E-state index in [-0.39, 0.29) is 11.5 Å². The lowest BCUT2D eigenvalue weighted by Crippen LogP contribution is -2.65. The van der Waals surface area contributed by atoms with Crippen LogP contribution in [0.2, 0.25) is 0 Å². The minimum atomic E-state index is -3.79. The molecule has 0 bridgehead atoms. The minimum Gasteiger partial charge on any atom is -0.345 e. The summed E-state index contributed by atoms with van der Waals surface area (Å²) in [5.41, 5.74) is 0.697. The number of hydrogen-bond acceptors (Lipinski definition) is 7. The Labute approximate surface area is 192 Å². The van der Waals surface area contributed by atoms with E-state index in [0.29, 0.717) is 41.8 Å². The Morgan fingerprint density at radius 3 is 2.94 bits per heavy atom. The first-order chi connectivity index (χ1) is 15.2. The monoisotopic (exact) mass is 519 g/mol. The molecule has 1 aliphatic heterocycles. The predicted octanol–water partition coefficient (Wildman–Crippen LogP) is 3.22. The average molecular weight is 520 g/mol. The summed E-state index contributed by atoms with van der Waals surface area (Å²) in [6, 6.07) is 6.25. The number of guanidine groups is 1. The zero-order valence-electron chi connectivity index (χ0n) is 16.9. The molecular weight excluding hydrogens is 501 g/mol. The number of aromatic nitrogens is 3. The number of benzene rings is 1. The molecule has 2 aromatic heterocycles. The lowest BCUT2D eigenvalue weighted by molar-refractivity contribution is 0.345. The molecule has 2 fully saturated rings. The molecule has 1 saturated carbocycles. The third kappa shape index (κ3) is 3.12. The number of halogens is 2. The number of hydrogen-bond donors (Lipinski definition) is 3. The first-order valence-corrected chi connectivity index (χ1v) is 12.2. The van der Waals surface area contributed by atoms with E-state index >= 15 is 4.39 Å². The van der Waals surface area contributed by atoms with Crippen LogP contribution in [0.1, 0.15) is 24.8 Å². The van der Waals surface area contributed by atoms with Crippen LogP contribution in [0.5, 0.6) is 0 Å². The molecular formula is C20H19BrFN7O2S. The molecule has 1 aromatic carbocycles. The van der Waals surface area contributed by atoms with Gasteiger partial charge in [-0.1, -0.05) is 0 Å². The molecule has 3 heterocycles. The molecule has 1 aliphatic carbocycles. The molecule has 2 atom stereocenters. The molecule has 12 heteroatoms. The standard InChI is InChI=1S/C20H19BrFN7O2S/c1-29-19(23)28-20(6-2-3-16(20)32(29,30)31)13-8-12(4-5-14(13)22)27-18-17-15(25-10-26-18)7-11(21)9-24-17/h4-5,7-10,16H,2-3,6H2,1H3,(H2,23,28)(H,25,26,27)/t16-,20-/m1/s1. The predicted molar refractivity (Wildman–Crippen MR) is 122 cm³/mol. The fourth-order valence-corrected chi connectivity index (χ4v) is 6.87. The second kappa shape index (κ2) is 7.34. The Kier molecular flexibility index (Phi) is 4.82. The molecule has 32 heavy (non-hydrogen) atoms. The van der Waals surface area contributed by atoms with Crippen LogP contribution in [0.3, 0.4) is 0 Å². The molecule has 0 unspecified atom stereocenters. The van der Waals surface area contributed by atoms with Gasteiger partial charge in [0.1, 0.15) is 22.9 Å². The largest absolute Gasteiger partial charge is 0.345 e. The number of rotatable bonds is 3. The molecule has 0 radical (unpaired) electrons. The van der Waals surface area contributed by atoms with Crippen LogP contribution in [0.4, 0.5) is 15.9 Å². The summed E-state index contributed by atoms with van der Waals surface area (Å²) in [4.78, 5) is 12.8. The molecule has 166 valence electrons. The van der Waals surface area contributed by atoms with Gasteiger partial charge in [0.2, 0.25) is 16.0 Å². The van der Waals surface area contributed by atoms with Crippen molar-refractivity contribution in [3.8, 4) is 0 Å². The highest BCUT2D eigenvalue weighted by Gasteiger charge is 2.57. The van der Waals surface area contributed by atoms with E-state index in [2.05, 4.69) is 41.5 Å². The molecule has 3 N–H and O–H groups in total. The second-order valence-electron chi connectivity index (χ2n) is 7.90. The Hall–Kier alpha value is -2.86. The van der Waals surface area contributed by atoms with Gasteiger partial charge < -0.3 is 10.6 Å². The van der Waals surface area contributed by atoms with Crippen molar-refractivity contribution in [3.63, 3.8) is 0 Å². The summed E-state index contributed by atoms with van der Waals surface area (Å²) >= 11 is 3.37. The van der Waals surface area contributed by atoms with Crippen molar-refractivity contribution in [2.45, 2.75) is 30.1 Å².